The number of nitrogens with zero attached hydrogens (tertiary/aromatic N) is 5. The Morgan fingerprint density at radius 2 is 1.80 bits per heavy atom. The highest BCUT2D eigenvalue weighted by molar-refractivity contribution is 6.31. The van der Waals surface area contributed by atoms with Crippen LogP contribution in [-0.4, -0.2) is 76.6 Å². The van der Waals surface area contributed by atoms with Gasteiger partial charge in [-0.25, -0.2) is 9.59 Å². The highest BCUT2D eigenvalue weighted by Gasteiger charge is 2.47. The summed E-state index contributed by atoms with van der Waals surface area (Å²) in [5, 5.41) is 16.1. The maximum atomic E-state index is 13.9. The fraction of sp³-hybridized carbons (Fsp3) is 0.385. The fourth-order valence-electron chi connectivity index (χ4n) is 7.30. The summed E-state index contributed by atoms with van der Waals surface area (Å²) < 4.78 is 12.5. The first-order valence-electron chi connectivity index (χ1n) is 17.4. The average molecular weight is 712 g/mol. The van der Waals surface area contributed by atoms with Crippen molar-refractivity contribution in [2.24, 2.45) is 5.92 Å². The van der Waals surface area contributed by atoms with Crippen molar-refractivity contribution in [1.29, 1.82) is 0 Å². The number of rotatable bonds is 10. The molecule has 51 heavy (non-hydrogen) atoms. The van der Waals surface area contributed by atoms with Gasteiger partial charge in [-0.15, -0.1) is 0 Å². The molecule has 3 amide bonds. The van der Waals surface area contributed by atoms with E-state index < -0.39 is 11.6 Å². The van der Waals surface area contributed by atoms with E-state index in [-0.39, 0.29) is 44.5 Å². The van der Waals surface area contributed by atoms with Crippen LogP contribution >= 0.6 is 11.6 Å². The van der Waals surface area contributed by atoms with Crippen LogP contribution in [0, 0.1) is 12.8 Å². The Hall–Kier alpha value is -4.87. The lowest BCUT2D eigenvalue weighted by atomic mass is 9.92. The van der Waals surface area contributed by atoms with Crippen LogP contribution in [-0.2, 0) is 21.0 Å². The molecule has 1 saturated heterocycles. The summed E-state index contributed by atoms with van der Waals surface area (Å²) in [4.78, 5) is 44.9. The highest BCUT2D eigenvalue weighted by Crippen LogP contribution is 2.57. The number of fused-ring (bicyclic) bond motifs is 3. The van der Waals surface area contributed by atoms with Crippen LogP contribution in [0.2, 0.25) is 5.02 Å². The number of anilines is 2. The Morgan fingerprint density at radius 3 is 2.57 bits per heavy atom. The zero-order valence-corrected chi connectivity index (χ0v) is 29.6. The minimum absolute atomic E-state index is 0.0839. The molecule has 3 aromatic carbocycles. The van der Waals surface area contributed by atoms with Gasteiger partial charge < -0.3 is 24.4 Å². The van der Waals surface area contributed by atoms with Crippen LogP contribution in [0.3, 0.4) is 0 Å². The lowest BCUT2D eigenvalue weighted by molar-refractivity contribution is -0.166. The number of aromatic nitrogens is 2. The summed E-state index contributed by atoms with van der Waals surface area (Å²) in [6.07, 6.45) is 5.95. The number of amides is 3. The molecule has 2 aliphatic heterocycles. The van der Waals surface area contributed by atoms with Crippen molar-refractivity contribution >= 4 is 40.9 Å². The fourth-order valence-corrected chi connectivity index (χ4v) is 7.47. The predicted molar refractivity (Wildman–Crippen MR) is 194 cm³/mol. The van der Waals surface area contributed by atoms with Crippen LogP contribution in [0.5, 0.6) is 5.75 Å². The van der Waals surface area contributed by atoms with E-state index in [1.807, 2.05) is 84.9 Å². The van der Waals surface area contributed by atoms with Gasteiger partial charge in [0.15, 0.2) is 5.60 Å². The van der Waals surface area contributed by atoms with Crippen molar-refractivity contribution < 1.29 is 29.0 Å². The predicted octanol–water partition coefficient (Wildman–Crippen LogP) is 6.41. The van der Waals surface area contributed by atoms with E-state index in [1.165, 1.54) is 12.7 Å². The number of methoxy groups -OCH3 is 1. The van der Waals surface area contributed by atoms with Crippen LogP contribution < -0.4 is 14.5 Å². The van der Waals surface area contributed by atoms with Crippen molar-refractivity contribution in [1.82, 2.24) is 14.7 Å². The van der Waals surface area contributed by atoms with Crippen LogP contribution in [0.4, 0.5) is 16.2 Å². The van der Waals surface area contributed by atoms with E-state index in [2.05, 4.69) is 11.2 Å². The molecule has 2 fully saturated rings. The van der Waals surface area contributed by atoms with E-state index in [0.717, 1.165) is 41.1 Å². The largest absolute Gasteiger partial charge is 0.493 e. The van der Waals surface area contributed by atoms with Gasteiger partial charge in [-0.3, -0.25) is 14.4 Å². The van der Waals surface area contributed by atoms with Gasteiger partial charge in [-0.2, -0.15) is 5.10 Å². The summed E-state index contributed by atoms with van der Waals surface area (Å²) >= 11 is 6.23. The average Bonchev–Trinajstić information content (AvgIpc) is 3.80. The number of esters is 1. The van der Waals surface area contributed by atoms with E-state index in [1.54, 1.807) is 14.5 Å². The lowest BCUT2D eigenvalue weighted by Crippen LogP contribution is -2.54. The normalized spacial score (nSPS) is 18.7. The van der Waals surface area contributed by atoms with E-state index in [9.17, 15) is 19.5 Å². The summed E-state index contributed by atoms with van der Waals surface area (Å²) in [5.41, 5.74) is 4.08. The van der Waals surface area contributed by atoms with Gasteiger partial charge in [0.2, 0.25) is 5.91 Å². The number of hydrogen-bond acceptors (Lipinski definition) is 7. The van der Waals surface area contributed by atoms with Gasteiger partial charge >= 0.3 is 12.0 Å². The molecule has 11 nitrogen and oxygen atoms in total. The molecule has 0 spiro atoms. The van der Waals surface area contributed by atoms with E-state index in [4.69, 9.17) is 21.1 Å². The van der Waals surface area contributed by atoms with Crippen LogP contribution in [0.15, 0.2) is 79.1 Å². The highest BCUT2D eigenvalue weighted by atomic mass is 35.5. The Balaban J connectivity index is 1.06. The molecular formula is C39H42ClN5O6. The number of halogens is 1. The molecule has 4 aromatic rings. The molecule has 1 N–H and O–H groups in total. The Morgan fingerprint density at radius 1 is 1.04 bits per heavy atom. The molecule has 3 heterocycles. The number of urea groups is 1. The van der Waals surface area contributed by atoms with Gasteiger partial charge in [0.1, 0.15) is 12.4 Å². The maximum absolute atomic E-state index is 13.9. The van der Waals surface area contributed by atoms with Crippen molar-refractivity contribution in [3.05, 3.63) is 95.3 Å². The molecule has 7 rings (SSSR count). The number of carbonyl (C=O) groups is 3. The monoisotopic (exact) mass is 711 g/mol. The topological polar surface area (TPSA) is 117 Å². The Kier molecular flexibility index (Phi) is 9.76. The molecule has 2 atom stereocenters. The molecule has 12 heteroatoms. The summed E-state index contributed by atoms with van der Waals surface area (Å²) in [6.45, 7) is 3.64. The smallest absolute Gasteiger partial charge is 0.337 e. The van der Waals surface area contributed by atoms with Gasteiger partial charge in [-0.05, 0) is 73.1 Å². The molecule has 0 radical (unpaired) electrons. The molecule has 0 unspecified atom stereocenters. The number of aliphatic hydroxyl groups is 1. The van der Waals surface area contributed by atoms with Crippen molar-refractivity contribution in [2.45, 2.75) is 57.2 Å². The SMILES string of the molecule is COC(=O)C1(O)CCN(C(=O)N(Cn2cc(-c3cccc4c3[C@H]3C[C@H]3CN4C(=O)CCCOc3cccc(Cl)c3C)cn2)c2ccccc2)CC1. The Bertz CT molecular complexity index is 1920. The molecule has 0 bridgehead atoms. The number of likely N-dealkylation sites (tertiary alicyclic amines) is 1. The minimum Gasteiger partial charge on any atom is -0.493 e. The lowest BCUT2D eigenvalue weighted by Gasteiger charge is -2.38. The Labute approximate surface area is 302 Å². The van der Waals surface area contributed by atoms with E-state index in [0.29, 0.717) is 42.0 Å². The first-order valence-corrected chi connectivity index (χ1v) is 17.8. The summed E-state index contributed by atoms with van der Waals surface area (Å²) in [5.74, 6) is 0.959. The van der Waals surface area contributed by atoms with Gasteiger partial charge in [0, 0.05) is 72.6 Å². The number of hydrogen-bond donors (Lipinski definition) is 1. The first-order chi connectivity index (χ1) is 24.7. The molecule has 266 valence electrons. The van der Waals surface area contributed by atoms with Crippen LogP contribution in [0.25, 0.3) is 11.1 Å². The number of ether oxygens (including phenoxy) is 2. The second kappa shape index (κ2) is 14.4. The van der Waals surface area contributed by atoms with E-state index >= 15 is 0 Å². The third-order valence-corrected chi connectivity index (χ3v) is 10.8. The number of piperidine rings is 1. The zero-order valence-electron chi connectivity index (χ0n) is 28.8. The molecule has 3 aliphatic rings. The molecule has 1 saturated carbocycles. The van der Waals surface area contributed by atoms with Gasteiger partial charge in [-0.1, -0.05) is 48.0 Å². The maximum Gasteiger partial charge on any atom is 0.337 e. The second-order valence-electron chi connectivity index (χ2n) is 13.6. The number of carbonyl (C=O) groups excluding carboxylic acids is 3. The van der Waals surface area contributed by atoms with Gasteiger partial charge in [0.05, 0.1) is 19.9 Å². The van der Waals surface area contributed by atoms with Crippen molar-refractivity contribution in [2.75, 3.05) is 43.2 Å². The van der Waals surface area contributed by atoms with Crippen molar-refractivity contribution in [3.63, 3.8) is 0 Å². The number of para-hydroxylation sites is 1. The van der Waals surface area contributed by atoms with Crippen molar-refractivity contribution in [3.8, 4) is 16.9 Å². The molecular weight excluding hydrogens is 670 g/mol. The minimum atomic E-state index is -1.60. The summed E-state index contributed by atoms with van der Waals surface area (Å²) in [6, 6.07) is 20.8. The third kappa shape index (κ3) is 7.05. The quantitative estimate of drug-likeness (QED) is 0.149. The standard InChI is InChI=1S/C39H42ClN5O6/c1-26-32(40)12-7-14-34(26)51-20-8-15-35(46)44-24-27-21-31(27)36-30(11-6-13-33(36)44)28-22-41-43(23-28)25-45(29-9-4-3-5-10-29)38(48)42-18-16-39(49,17-19-42)37(47)50-2/h3-7,9-14,22-23,27,31,49H,8,15-21,24-25H2,1-2H3/t27-,31-/m0/s1. The second-order valence-corrected chi connectivity index (χ2v) is 14.0. The number of benzene rings is 3. The van der Waals surface area contributed by atoms with Crippen LogP contribution in [0.1, 0.15) is 49.1 Å². The van der Waals surface area contributed by atoms with Gasteiger partial charge in [0.25, 0.3) is 0 Å². The molecule has 1 aromatic heterocycles. The molecule has 1 aliphatic carbocycles. The first kappa shape index (κ1) is 34.6. The third-order valence-electron chi connectivity index (χ3n) is 10.4. The zero-order chi connectivity index (χ0) is 35.7. The summed E-state index contributed by atoms with van der Waals surface area (Å²) in [7, 11) is 1.25.